The Balaban J connectivity index is 1.30. The number of hydrogen-bond acceptors (Lipinski definition) is 6. The Hall–Kier alpha value is -3.34. The molecule has 0 spiro atoms. The monoisotopic (exact) mass is 950 g/mol. The number of carboxylic acid groups (broad SMARTS) is 1. The highest BCUT2D eigenvalue weighted by Crippen LogP contribution is 2.38. The summed E-state index contributed by atoms with van der Waals surface area (Å²) in [5.74, 6) is -1.23. The predicted octanol–water partition coefficient (Wildman–Crippen LogP) is 14.4. The Bertz CT molecular complexity index is 2160. The molecule has 11 heteroatoms. The van der Waals surface area contributed by atoms with E-state index in [1.54, 1.807) is 28.7 Å². The summed E-state index contributed by atoms with van der Waals surface area (Å²) in [6.45, 7) is 0. The Morgan fingerprint density at radius 1 is 0.653 bits per heavy atom. The van der Waals surface area contributed by atoms with E-state index in [9.17, 15) is 9.90 Å². The van der Waals surface area contributed by atoms with Crippen LogP contribution in [0.3, 0.4) is 0 Å². The molecule has 0 saturated heterocycles. The number of carboxylic acids is 1. The molecule has 1 N–H and O–H groups in total. The largest absolute Gasteiger partial charge is 0.477 e. The van der Waals surface area contributed by atoms with Crippen LogP contribution in [0.5, 0.6) is 0 Å². The standard InChI is InChI=1S/C38H22Br4N2O2S3/c39-34-20-26(36(41)48-34)7-1-23-3-11-29(12-4-23)44(30-13-5-24(6-14-30)2-8-27-21-35(40)49-37(27)42)31-15-9-25(10-16-31)33-18-17-32(47-33)19-28(22-43)38(45)46/h1-21H,(H,45,46)/b7-1+,8-2+,28-19+. The molecule has 0 amide bonds. The minimum absolute atomic E-state index is 0.290. The molecular weight excluding hydrogens is 932 g/mol. The van der Waals surface area contributed by atoms with Crippen molar-refractivity contribution in [1.29, 1.82) is 5.26 Å². The van der Waals surface area contributed by atoms with E-state index in [1.807, 2.05) is 12.1 Å². The fraction of sp³-hybridized carbons (Fsp3) is 0. The smallest absolute Gasteiger partial charge is 0.346 e. The molecule has 3 aromatic carbocycles. The molecule has 0 radical (unpaired) electrons. The zero-order chi connectivity index (χ0) is 34.5. The van der Waals surface area contributed by atoms with Crippen molar-refractivity contribution in [2.75, 3.05) is 4.90 Å². The first kappa shape index (κ1) is 35.5. The van der Waals surface area contributed by atoms with Crippen LogP contribution in [0.1, 0.15) is 27.1 Å². The summed E-state index contributed by atoms with van der Waals surface area (Å²) < 4.78 is 4.32. The summed E-state index contributed by atoms with van der Waals surface area (Å²) in [5.41, 5.74) is 8.15. The van der Waals surface area contributed by atoms with Crippen LogP contribution in [0.15, 0.2) is 118 Å². The molecule has 3 heterocycles. The summed E-state index contributed by atoms with van der Waals surface area (Å²) in [6, 6.07) is 35.0. The number of nitriles is 1. The number of thiophene rings is 3. The van der Waals surface area contributed by atoms with Crippen LogP contribution in [0.25, 0.3) is 40.8 Å². The maximum absolute atomic E-state index is 11.3. The van der Waals surface area contributed by atoms with Crippen molar-refractivity contribution in [1.82, 2.24) is 0 Å². The molecule has 3 aromatic heterocycles. The lowest BCUT2D eigenvalue weighted by molar-refractivity contribution is -0.132. The molecule has 6 rings (SSSR count). The third-order valence-electron chi connectivity index (χ3n) is 7.25. The van der Waals surface area contributed by atoms with Gasteiger partial charge in [0, 0.05) is 37.9 Å². The SMILES string of the molecule is N#C/C(=C\c1ccc(-c2ccc(N(c3ccc(/C=C/c4cc(Br)sc4Br)cc3)c3ccc(/C=C/c4cc(Br)sc4Br)cc3)cc2)s1)C(=O)O. The van der Waals surface area contributed by atoms with E-state index in [0.717, 1.165) is 64.9 Å². The molecule has 0 aliphatic carbocycles. The zero-order valence-corrected chi connectivity index (χ0v) is 33.9. The molecule has 49 heavy (non-hydrogen) atoms. The van der Waals surface area contributed by atoms with Gasteiger partial charge in [0.2, 0.25) is 0 Å². The van der Waals surface area contributed by atoms with Gasteiger partial charge >= 0.3 is 5.97 Å². The maximum Gasteiger partial charge on any atom is 0.346 e. The lowest BCUT2D eigenvalue weighted by Crippen LogP contribution is -2.09. The van der Waals surface area contributed by atoms with Crippen molar-refractivity contribution in [2.45, 2.75) is 0 Å². The molecule has 4 nitrogen and oxygen atoms in total. The molecule has 0 atom stereocenters. The summed E-state index contributed by atoms with van der Waals surface area (Å²) in [4.78, 5) is 15.2. The lowest BCUT2D eigenvalue weighted by atomic mass is 10.1. The number of aliphatic carboxylic acids is 1. The first-order chi connectivity index (χ1) is 23.7. The van der Waals surface area contributed by atoms with Gasteiger partial charge in [0.1, 0.15) is 11.6 Å². The highest BCUT2D eigenvalue weighted by atomic mass is 79.9. The van der Waals surface area contributed by atoms with Gasteiger partial charge in [-0.1, -0.05) is 60.7 Å². The van der Waals surface area contributed by atoms with Crippen molar-refractivity contribution in [2.24, 2.45) is 0 Å². The molecule has 0 aliphatic rings. The van der Waals surface area contributed by atoms with Crippen LogP contribution in [0, 0.1) is 11.3 Å². The molecule has 0 aliphatic heterocycles. The van der Waals surface area contributed by atoms with Gasteiger partial charge in [0.05, 0.1) is 15.1 Å². The number of anilines is 3. The van der Waals surface area contributed by atoms with E-state index >= 15 is 0 Å². The Morgan fingerprint density at radius 3 is 1.53 bits per heavy atom. The first-order valence-corrected chi connectivity index (χ1v) is 20.1. The molecule has 0 unspecified atom stereocenters. The van der Waals surface area contributed by atoms with E-state index in [-0.39, 0.29) is 5.57 Å². The van der Waals surface area contributed by atoms with Crippen LogP contribution in [0.4, 0.5) is 17.1 Å². The van der Waals surface area contributed by atoms with Crippen molar-refractivity contribution in [3.8, 4) is 16.5 Å². The fourth-order valence-electron chi connectivity index (χ4n) is 4.87. The molecular formula is C38H22Br4N2O2S3. The van der Waals surface area contributed by atoms with Crippen molar-refractivity contribution in [3.63, 3.8) is 0 Å². The van der Waals surface area contributed by atoms with Gasteiger partial charge in [0.25, 0.3) is 0 Å². The fourth-order valence-corrected chi connectivity index (χ4v) is 11.3. The van der Waals surface area contributed by atoms with E-state index < -0.39 is 5.97 Å². The third-order valence-corrected chi connectivity index (χ3v) is 13.1. The predicted molar refractivity (Wildman–Crippen MR) is 223 cm³/mol. The number of benzene rings is 3. The van der Waals surface area contributed by atoms with E-state index in [4.69, 9.17) is 5.26 Å². The number of nitrogens with zero attached hydrogens (tertiary/aromatic N) is 2. The van der Waals surface area contributed by atoms with Crippen LogP contribution in [0.2, 0.25) is 0 Å². The van der Waals surface area contributed by atoms with Gasteiger partial charge < -0.3 is 10.0 Å². The Kier molecular flexibility index (Phi) is 11.7. The highest BCUT2D eigenvalue weighted by molar-refractivity contribution is 9.12. The molecule has 6 aromatic rings. The average molecular weight is 954 g/mol. The van der Waals surface area contributed by atoms with E-state index in [0.29, 0.717) is 4.88 Å². The Labute approximate surface area is 329 Å². The number of carbonyl (C=O) groups is 1. The van der Waals surface area contributed by atoms with E-state index in [2.05, 4.69) is 178 Å². The van der Waals surface area contributed by atoms with Crippen LogP contribution >= 0.6 is 97.7 Å². The van der Waals surface area contributed by atoms with Gasteiger partial charge in [0.15, 0.2) is 0 Å². The topological polar surface area (TPSA) is 64.3 Å². The van der Waals surface area contributed by atoms with Gasteiger partial charge in [-0.2, -0.15) is 5.26 Å². The normalized spacial score (nSPS) is 11.8. The van der Waals surface area contributed by atoms with Gasteiger partial charge in [-0.05, 0) is 147 Å². The Morgan fingerprint density at radius 2 is 1.12 bits per heavy atom. The first-order valence-electron chi connectivity index (χ1n) is 14.5. The minimum atomic E-state index is -1.23. The van der Waals surface area contributed by atoms with Crippen molar-refractivity contribution < 1.29 is 9.90 Å². The minimum Gasteiger partial charge on any atom is -0.477 e. The zero-order valence-electron chi connectivity index (χ0n) is 25.1. The second kappa shape index (κ2) is 16.1. The van der Waals surface area contributed by atoms with Crippen molar-refractivity contribution >= 4 is 151 Å². The summed E-state index contributed by atoms with van der Waals surface area (Å²) in [5, 5.41) is 18.4. The van der Waals surface area contributed by atoms with Crippen LogP contribution < -0.4 is 4.90 Å². The quantitative estimate of drug-likeness (QED) is 0.110. The lowest BCUT2D eigenvalue weighted by Gasteiger charge is -2.26. The molecule has 0 saturated carbocycles. The maximum atomic E-state index is 11.3. The van der Waals surface area contributed by atoms with Gasteiger partial charge in [-0.15, -0.1) is 34.0 Å². The second-order valence-corrected chi connectivity index (χ2v) is 19.1. The summed E-state index contributed by atoms with van der Waals surface area (Å²) in [6.07, 6.45) is 9.82. The molecule has 0 fully saturated rings. The summed E-state index contributed by atoms with van der Waals surface area (Å²) >= 11 is 19.1. The van der Waals surface area contributed by atoms with Crippen molar-refractivity contribution in [3.05, 3.63) is 145 Å². The molecule has 242 valence electrons. The summed E-state index contributed by atoms with van der Waals surface area (Å²) in [7, 11) is 0. The number of halogens is 4. The highest BCUT2D eigenvalue weighted by Gasteiger charge is 2.14. The second-order valence-electron chi connectivity index (χ2n) is 10.5. The van der Waals surface area contributed by atoms with Crippen LogP contribution in [-0.2, 0) is 4.79 Å². The van der Waals surface area contributed by atoms with Gasteiger partial charge in [-0.3, -0.25) is 0 Å². The molecule has 0 bridgehead atoms. The van der Waals surface area contributed by atoms with E-state index in [1.165, 1.54) is 17.4 Å². The number of rotatable bonds is 10. The average Bonchev–Trinajstić information content (AvgIpc) is 3.79. The van der Waals surface area contributed by atoms with Crippen LogP contribution in [-0.4, -0.2) is 11.1 Å². The number of hydrogen-bond donors (Lipinski definition) is 1. The third kappa shape index (κ3) is 8.88. The van der Waals surface area contributed by atoms with Gasteiger partial charge in [-0.25, -0.2) is 4.79 Å².